The van der Waals surface area contributed by atoms with Crippen molar-refractivity contribution in [2.24, 2.45) is 11.8 Å². The van der Waals surface area contributed by atoms with Crippen molar-refractivity contribution >= 4 is 21.9 Å². The molecule has 0 radical (unpaired) electrons. The maximum atomic E-state index is 11.4. The zero-order chi connectivity index (χ0) is 11.5. The lowest BCUT2D eigenvalue weighted by Crippen LogP contribution is -2.37. The average Bonchev–Trinajstić information content (AvgIpc) is 3.12. The summed E-state index contributed by atoms with van der Waals surface area (Å²) in [5.74, 6) is 1.61. The van der Waals surface area contributed by atoms with E-state index in [1.165, 1.54) is 32.8 Å². The van der Waals surface area contributed by atoms with E-state index in [2.05, 4.69) is 20.8 Å². The van der Waals surface area contributed by atoms with Gasteiger partial charge in [-0.2, -0.15) is 0 Å². The van der Waals surface area contributed by atoms with Crippen LogP contribution in [0.5, 0.6) is 0 Å². The topological polar surface area (TPSA) is 29.5 Å². The molecule has 16 heavy (non-hydrogen) atoms. The van der Waals surface area contributed by atoms with E-state index in [0.717, 1.165) is 31.5 Å². The molecule has 1 atom stereocenters. The molecule has 2 aliphatic rings. The second kappa shape index (κ2) is 5.50. The van der Waals surface area contributed by atoms with Crippen LogP contribution in [0.2, 0.25) is 0 Å². The van der Waals surface area contributed by atoms with Crippen molar-refractivity contribution < 1.29 is 9.53 Å². The smallest absolute Gasteiger partial charge is 0.320 e. The first-order valence-corrected chi connectivity index (χ1v) is 7.05. The molecule has 2 saturated carbocycles. The van der Waals surface area contributed by atoms with E-state index in [1.807, 2.05) is 0 Å². The SMILES string of the molecule is COC(=O)C(Br)CN(CC1CC1)CC1CC1. The molecule has 0 heterocycles. The number of esters is 1. The summed E-state index contributed by atoms with van der Waals surface area (Å²) in [4.78, 5) is 13.6. The number of ether oxygens (including phenoxy) is 1. The van der Waals surface area contributed by atoms with Gasteiger partial charge in [-0.15, -0.1) is 0 Å². The molecule has 92 valence electrons. The molecule has 0 aromatic heterocycles. The largest absolute Gasteiger partial charge is 0.468 e. The summed E-state index contributed by atoms with van der Waals surface area (Å²) in [6.07, 6.45) is 5.47. The van der Waals surface area contributed by atoms with Crippen LogP contribution in [0.15, 0.2) is 0 Å². The number of hydrogen-bond donors (Lipinski definition) is 0. The highest BCUT2D eigenvalue weighted by Gasteiger charge is 2.31. The molecule has 2 aliphatic carbocycles. The van der Waals surface area contributed by atoms with Crippen LogP contribution in [0, 0.1) is 11.8 Å². The minimum absolute atomic E-state index is 0.156. The third-order valence-corrected chi connectivity index (χ3v) is 3.97. The van der Waals surface area contributed by atoms with Crippen LogP contribution in [-0.4, -0.2) is 42.4 Å². The van der Waals surface area contributed by atoms with Gasteiger partial charge in [-0.25, -0.2) is 0 Å². The Morgan fingerprint density at radius 3 is 2.19 bits per heavy atom. The number of hydrogen-bond acceptors (Lipinski definition) is 3. The summed E-state index contributed by atoms with van der Waals surface area (Å²) in [7, 11) is 1.45. The molecule has 3 nitrogen and oxygen atoms in total. The Labute approximate surface area is 106 Å². The highest BCUT2D eigenvalue weighted by atomic mass is 79.9. The second-order valence-corrected chi connectivity index (χ2v) is 6.20. The molecule has 0 aromatic carbocycles. The highest BCUT2D eigenvalue weighted by molar-refractivity contribution is 9.10. The van der Waals surface area contributed by atoms with Crippen molar-refractivity contribution in [2.75, 3.05) is 26.7 Å². The monoisotopic (exact) mass is 289 g/mol. The third kappa shape index (κ3) is 4.06. The maximum Gasteiger partial charge on any atom is 0.320 e. The number of rotatable bonds is 7. The quantitative estimate of drug-likeness (QED) is 0.531. The molecule has 0 saturated heterocycles. The molecule has 0 spiro atoms. The van der Waals surface area contributed by atoms with Crippen molar-refractivity contribution in [3.63, 3.8) is 0 Å². The van der Waals surface area contributed by atoms with E-state index in [0.29, 0.717) is 0 Å². The van der Waals surface area contributed by atoms with E-state index in [4.69, 9.17) is 4.74 Å². The molecule has 0 N–H and O–H groups in total. The first-order valence-electron chi connectivity index (χ1n) is 6.13. The Kier molecular flexibility index (Phi) is 4.25. The Balaban J connectivity index is 1.76. The summed E-state index contributed by atoms with van der Waals surface area (Å²) in [5, 5.41) is 0. The van der Waals surface area contributed by atoms with Gasteiger partial charge in [0.15, 0.2) is 0 Å². The van der Waals surface area contributed by atoms with E-state index in [1.54, 1.807) is 0 Å². The Bertz CT molecular complexity index is 237. The highest BCUT2D eigenvalue weighted by Crippen LogP contribution is 2.33. The van der Waals surface area contributed by atoms with Crippen LogP contribution >= 0.6 is 15.9 Å². The molecular formula is C12H20BrNO2. The van der Waals surface area contributed by atoms with Gasteiger partial charge < -0.3 is 9.64 Å². The molecule has 0 amide bonds. The molecular weight excluding hydrogens is 270 g/mol. The zero-order valence-electron chi connectivity index (χ0n) is 9.82. The minimum atomic E-state index is -0.171. The summed E-state index contributed by atoms with van der Waals surface area (Å²) >= 11 is 3.41. The summed E-state index contributed by atoms with van der Waals surface area (Å²) in [6.45, 7) is 3.12. The summed E-state index contributed by atoms with van der Waals surface area (Å²) in [5.41, 5.74) is 0. The van der Waals surface area contributed by atoms with Gasteiger partial charge >= 0.3 is 5.97 Å². The average molecular weight is 290 g/mol. The van der Waals surface area contributed by atoms with E-state index in [-0.39, 0.29) is 10.8 Å². The van der Waals surface area contributed by atoms with E-state index in [9.17, 15) is 4.79 Å². The van der Waals surface area contributed by atoms with Crippen LogP contribution in [0.3, 0.4) is 0 Å². The van der Waals surface area contributed by atoms with Gasteiger partial charge in [0, 0.05) is 19.6 Å². The Morgan fingerprint density at radius 1 is 1.31 bits per heavy atom. The normalized spacial score (nSPS) is 22.2. The molecule has 0 aliphatic heterocycles. The number of halogens is 1. The number of carbonyl (C=O) groups excluding carboxylic acids is 1. The fraction of sp³-hybridized carbons (Fsp3) is 0.917. The van der Waals surface area contributed by atoms with Crippen LogP contribution in [0.1, 0.15) is 25.7 Å². The molecule has 2 fully saturated rings. The van der Waals surface area contributed by atoms with Crippen molar-refractivity contribution in [2.45, 2.75) is 30.5 Å². The second-order valence-electron chi connectivity index (χ2n) is 5.10. The van der Waals surface area contributed by atoms with Crippen molar-refractivity contribution in [3.05, 3.63) is 0 Å². The van der Waals surface area contributed by atoms with Crippen LogP contribution in [-0.2, 0) is 9.53 Å². The fourth-order valence-electron chi connectivity index (χ4n) is 1.98. The zero-order valence-corrected chi connectivity index (χ0v) is 11.4. The maximum absolute atomic E-state index is 11.4. The summed E-state index contributed by atoms with van der Waals surface area (Å²) < 4.78 is 4.74. The lowest BCUT2D eigenvalue weighted by Gasteiger charge is -2.23. The predicted octanol–water partition coefficient (Wildman–Crippen LogP) is 2.04. The van der Waals surface area contributed by atoms with Crippen LogP contribution in [0.4, 0.5) is 0 Å². The summed E-state index contributed by atoms with van der Waals surface area (Å²) in [6, 6.07) is 0. The standard InChI is InChI=1S/C12H20BrNO2/c1-16-12(15)11(13)8-14(6-9-2-3-9)7-10-4-5-10/h9-11H,2-8H2,1H3. The first kappa shape index (κ1) is 12.4. The Hall–Kier alpha value is -0.0900. The lowest BCUT2D eigenvalue weighted by molar-refractivity contribution is -0.140. The van der Waals surface area contributed by atoms with Gasteiger partial charge in [0.1, 0.15) is 4.83 Å². The van der Waals surface area contributed by atoms with Gasteiger partial charge in [0.25, 0.3) is 0 Å². The first-order chi connectivity index (χ1) is 7.69. The number of alkyl halides is 1. The van der Waals surface area contributed by atoms with Gasteiger partial charge in [0.05, 0.1) is 7.11 Å². The van der Waals surface area contributed by atoms with Crippen molar-refractivity contribution in [1.29, 1.82) is 0 Å². The predicted molar refractivity (Wildman–Crippen MR) is 66.6 cm³/mol. The number of nitrogens with zero attached hydrogens (tertiary/aromatic N) is 1. The van der Waals surface area contributed by atoms with E-state index < -0.39 is 0 Å². The molecule has 1 unspecified atom stereocenters. The lowest BCUT2D eigenvalue weighted by atomic mass is 10.3. The van der Waals surface area contributed by atoms with Gasteiger partial charge in [-0.1, -0.05) is 15.9 Å². The number of methoxy groups -OCH3 is 1. The van der Waals surface area contributed by atoms with Gasteiger partial charge in [0.2, 0.25) is 0 Å². The molecule has 4 heteroatoms. The molecule has 0 aromatic rings. The third-order valence-electron chi connectivity index (χ3n) is 3.30. The Morgan fingerprint density at radius 2 is 1.81 bits per heavy atom. The van der Waals surface area contributed by atoms with Crippen LogP contribution < -0.4 is 0 Å². The number of carbonyl (C=O) groups is 1. The van der Waals surface area contributed by atoms with E-state index >= 15 is 0 Å². The van der Waals surface area contributed by atoms with Crippen LogP contribution in [0.25, 0.3) is 0 Å². The minimum Gasteiger partial charge on any atom is -0.468 e. The van der Waals surface area contributed by atoms with Crippen molar-refractivity contribution in [1.82, 2.24) is 4.90 Å². The van der Waals surface area contributed by atoms with Crippen molar-refractivity contribution in [3.8, 4) is 0 Å². The van der Waals surface area contributed by atoms with Gasteiger partial charge in [-0.3, -0.25) is 4.79 Å². The fourth-order valence-corrected chi connectivity index (χ4v) is 2.58. The van der Waals surface area contributed by atoms with Gasteiger partial charge in [-0.05, 0) is 37.5 Å². The molecule has 0 bridgehead atoms. The molecule has 2 rings (SSSR count).